The van der Waals surface area contributed by atoms with E-state index < -0.39 is 0 Å². The van der Waals surface area contributed by atoms with Crippen LogP contribution in [0.25, 0.3) is 5.69 Å². The van der Waals surface area contributed by atoms with Gasteiger partial charge in [-0.05, 0) is 56.2 Å². The summed E-state index contributed by atoms with van der Waals surface area (Å²) >= 11 is 1.35. The fourth-order valence-corrected chi connectivity index (χ4v) is 3.56. The van der Waals surface area contributed by atoms with Crippen molar-refractivity contribution in [1.29, 1.82) is 5.26 Å². The predicted octanol–water partition coefficient (Wildman–Crippen LogP) is 4.14. The van der Waals surface area contributed by atoms with Gasteiger partial charge in [0.2, 0.25) is 11.1 Å². The highest BCUT2D eigenvalue weighted by Crippen LogP contribution is 2.40. The SMILES string of the molecule is C[C@@H](Sc1nc(C2CC2)n(-c2ccccc2)n1)C(=O)Nc1ccc(C#N)cc1. The molecule has 1 heterocycles. The number of benzene rings is 2. The minimum Gasteiger partial charge on any atom is -0.325 e. The molecule has 0 bridgehead atoms. The normalized spacial score (nSPS) is 14.3. The molecule has 0 unspecified atom stereocenters. The van der Waals surface area contributed by atoms with Crippen LogP contribution in [-0.2, 0) is 4.79 Å². The van der Waals surface area contributed by atoms with Gasteiger partial charge in [0.1, 0.15) is 5.82 Å². The molecule has 7 heteroatoms. The summed E-state index contributed by atoms with van der Waals surface area (Å²) in [4.78, 5) is 17.2. The number of aromatic nitrogens is 3. The standard InChI is InChI=1S/C21H19N5OS/c1-14(20(27)23-17-11-7-15(13-22)8-12-17)28-21-24-19(16-9-10-16)26(25-21)18-5-3-2-4-6-18/h2-8,11-12,14,16H,9-10H2,1H3,(H,23,27)/t14-/m1/s1. The average Bonchev–Trinajstić information content (AvgIpc) is 3.49. The van der Waals surface area contributed by atoms with Crippen LogP contribution >= 0.6 is 11.8 Å². The Morgan fingerprint density at radius 2 is 1.93 bits per heavy atom. The summed E-state index contributed by atoms with van der Waals surface area (Å²) in [6.07, 6.45) is 2.26. The molecule has 6 nitrogen and oxygen atoms in total. The minimum absolute atomic E-state index is 0.126. The topological polar surface area (TPSA) is 83.6 Å². The number of nitrogens with one attached hydrogen (secondary N) is 1. The van der Waals surface area contributed by atoms with E-state index in [1.54, 1.807) is 24.3 Å². The first-order chi connectivity index (χ1) is 13.6. The number of thioether (sulfide) groups is 1. The maximum Gasteiger partial charge on any atom is 0.237 e. The second-order valence-corrected chi connectivity index (χ2v) is 8.02. The van der Waals surface area contributed by atoms with Crippen LogP contribution in [0, 0.1) is 11.3 Å². The molecule has 2 aromatic carbocycles. The molecule has 1 aliphatic rings. The van der Waals surface area contributed by atoms with E-state index in [9.17, 15) is 4.79 Å². The molecule has 0 spiro atoms. The molecule has 1 fully saturated rings. The lowest BCUT2D eigenvalue weighted by Gasteiger charge is -2.10. The first-order valence-corrected chi connectivity index (χ1v) is 10.0. The van der Waals surface area contributed by atoms with E-state index in [2.05, 4.69) is 16.5 Å². The van der Waals surface area contributed by atoms with Gasteiger partial charge in [0, 0.05) is 11.6 Å². The molecule has 1 atom stereocenters. The Balaban J connectivity index is 1.47. The van der Waals surface area contributed by atoms with Crippen molar-refractivity contribution in [3.63, 3.8) is 0 Å². The second kappa shape index (κ2) is 7.87. The van der Waals surface area contributed by atoms with Gasteiger partial charge >= 0.3 is 0 Å². The molecule has 1 amide bonds. The monoisotopic (exact) mass is 389 g/mol. The zero-order valence-electron chi connectivity index (χ0n) is 15.4. The molecular formula is C21H19N5OS. The van der Waals surface area contributed by atoms with E-state index in [0.717, 1.165) is 24.4 Å². The predicted molar refractivity (Wildman–Crippen MR) is 108 cm³/mol. The zero-order valence-corrected chi connectivity index (χ0v) is 16.2. The molecule has 0 aliphatic heterocycles. The molecule has 0 saturated heterocycles. The van der Waals surface area contributed by atoms with Crippen molar-refractivity contribution < 1.29 is 4.79 Å². The molecule has 140 valence electrons. The molecule has 0 radical (unpaired) electrons. The number of nitriles is 1. The lowest BCUT2D eigenvalue weighted by molar-refractivity contribution is -0.115. The summed E-state index contributed by atoms with van der Waals surface area (Å²) in [5, 5.41) is 16.6. The van der Waals surface area contributed by atoms with Crippen LogP contribution in [0.2, 0.25) is 0 Å². The molecule has 1 aliphatic carbocycles. The van der Waals surface area contributed by atoms with Gasteiger partial charge in [-0.25, -0.2) is 9.67 Å². The summed E-state index contributed by atoms with van der Waals surface area (Å²) in [6, 6.07) is 18.8. The van der Waals surface area contributed by atoms with Crippen molar-refractivity contribution in [2.75, 3.05) is 5.32 Å². The van der Waals surface area contributed by atoms with Gasteiger partial charge in [-0.3, -0.25) is 4.79 Å². The maximum absolute atomic E-state index is 12.5. The molecule has 1 aromatic heterocycles. The second-order valence-electron chi connectivity index (χ2n) is 6.71. The summed E-state index contributed by atoms with van der Waals surface area (Å²) < 4.78 is 1.89. The van der Waals surface area contributed by atoms with Gasteiger partial charge in [0.25, 0.3) is 0 Å². The number of carbonyl (C=O) groups is 1. The zero-order chi connectivity index (χ0) is 19.5. The summed E-state index contributed by atoms with van der Waals surface area (Å²) in [6.45, 7) is 1.84. The Labute approximate surface area is 167 Å². The van der Waals surface area contributed by atoms with Crippen molar-refractivity contribution in [2.45, 2.75) is 36.1 Å². The van der Waals surface area contributed by atoms with E-state index in [-0.39, 0.29) is 11.2 Å². The molecule has 4 rings (SSSR count). The van der Waals surface area contributed by atoms with Gasteiger partial charge in [0.15, 0.2) is 0 Å². The van der Waals surface area contributed by atoms with Crippen LogP contribution in [-0.4, -0.2) is 25.9 Å². The Bertz CT molecular complexity index is 1020. The Morgan fingerprint density at radius 1 is 1.21 bits per heavy atom. The van der Waals surface area contributed by atoms with E-state index in [1.807, 2.05) is 41.9 Å². The number of carbonyl (C=O) groups excluding carboxylic acids is 1. The highest BCUT2D eigenvalue weighted by molar-refractivity contribution is 8.00. The third-order valence-corrected chi connectivity index (χ3v) is 5.44. The van der Waals surface area contributed by atoms with Crippen molar-refractivity contribution in [3.05, 3.63) is 66.0 Å². The van der Waals surface area contributed by atoms with Crippen LogP contribution in [0.4, 0.5) is 5.69 Å². The van der Waals surface area contributed by atoms with Gasteiger partial charge < -0.3 is 5.32 Å². The number of nitrogens with zero attached hydrogens (tertiary/aromatic N) is 4. The van der Waals surface area contributed by atoms with E-state index in [1.165, 1.54) is 11.8 Å². The minimum atomic E-state index is -0.352. The number of rotatable bonds is 6. The summed E-state index contributed by atoms with van der Waals surface area (Å²) in [5.41, 5.74) is 2.21. The van der Waals surface area contributed by atoms with Crippen molar-refractivity contribution in [1.82, 2.24) is 14.8 Å². The lowest BCUT2D eigenvalue weighted by atomic mass is 10.2. The van der Waals surface area contributed by atoms with Crippen molar-refractivity contribution in [2.24, 2.45) is 0 Å². The van der Waals surface area contributed by atoms with Crippen LogP contribution < -0.4 is 5.32 Å². The Hall–Kier alpha value is -3.11. The number of anilines is 1. The summed E-state index contributed by atoms with van der Waals surface area (Å²) in [5.74, 6) is 1.29. The fourth-order valence-electron chi connectivity index (χ4n) is 2.80. The van der Waals surface area contributed by atoms with Crippen LogP contribution in [0.15, 0.2) is 59.8 Å². The summed E-state index contributed by atoms with van der Waals surface area (Å²) in [7, 11) is 0. The number of amides is 1. The molecule has 3 aromatic rings. The fraction of sp³-hybridized carbons (Fsp3) is 0.238. The van der Waals surface area contributed by atoms with Gasteiger partial charge in [0.05, 0.1) is 22.6 Å². The van der Waals surface area contributed by atoms with Crippen molar-refractivity contribution >= 4 is 23.4 Å². The Morgan fingerprint density at radius 3 is 2.57 bits per heavy atom. The van der Waals surface area contributed by atoms with Crippen LogP contribution in [0.1, 0.15) is 37.1 Å². The van der Waals surface area contributed by atoms with Gasteiger partial charge in [-0.15, -0.1) is 5.10 Å². The smallest absolute Gasteiger partial charge is 0.237 e. The van der Waals surface area contributed by atoms with Gasteiger partial charge in [-0.2, -0.15) is 5.26 Å². The van der Waals surface area contributed by atoms with E-state index in [0.29, 0.717) is 22.3 Å². The quantitative estimate of drug-likeness (QED) is 0.641. The number of para-hydroxylation sites is 1. The molecule has 1 saturated carbocycles. The largest absolute Gasteiger partial charge is 0.325 e. The Kier molecular flexibility index (Phi) is 5.13. The van der Waals surface area contributed by atoms with Crippen LogP contribution in [0.3, 0.4) is 0 Å². The first kappa shape index (κ1) is 18.3. The number of hydrogen-bond donors (Lipinski definition) is 1. The van der Waals surface area contributed by atoms with E-state index >= 15 is 0 Å². The highest BCUT2D eigenvalue weighted by atomic mass is 32.2. The molecular weight excluding hydrogens is 370 g/mol. The maximum atomic E-state index is 12.5. The highest BCUT2D eigenvalue weighted by Gasteiger charge is 2.31. The third kappa shape index (κ3) is 4.07. The first-order valence-electron chi connectivity index (χ1n) is 9.14. The van der Waals surface area contributed by atoms with Gasteiger partial charge in [-0.1, -0.05) is 30.0 Å². The molecule has 1 N–H and O–H groups in total. The van der Waals surface area contributed by atoms with E-state index in [4.69, 9.17) is 10.2 Å². The third-order valence-electron chi connectivity index (χ3n) is 4.49. The lowest BCUT2D eigenvalue weighted by Crippen LogP contribution is -2.22. The molecule has 28 heavy (non-hydrogen) atoms. The average molecular weight is 389 g/mol. The number of hydrogen-bond acceptors (Lipinski definition) is 5. The van der Waals surface area contributed by atoms with Crippen LogP contribution in [0.5, 0.6) is 0 Å². The van der Waals surface area contributed by atoms with Crippen molar-refractivity contribution in [3.8, 4) is 11.8 Å².